The third-order valence-electron chi connectivity index (χ3n) is 5.96. The lowest BCUT2D eigenvalue weighted by molar-refractivity contribution is -0.124. The molecular weight excluding hydrogens is 452 g/mol. The van der Waals surface area contributed by atoms with E-state index in [0.29, 0.717) is 5.56 Å². The topological polar surface area (TPSA) is 132 Å². The summed E-state index contributed by atoms with van der Waals surface area (Å²) in [5.74, 6) is -1.80. The van der Waals surface area contributed by atoms with E-state index in [1.54, 1.807) is 0 Å². The first kappa shape index (κ1) is 24.0. The first-order valence-corrected chi connectivity index (χ1v) is 11.0. The molecule has 4 rings (SSSR count). The van der Waals surface area contributed by atoms with Crippen LogP contribution in [-0.4, -0.2) is 59.2 Å². The summed E-state index contributed by atoms with van der Waals surface area (Å²) < 4.78 is 11.8. The number of aromatic carboxylic acids is 1. The van der Waals surface area contributed by atoms with E-state index in [-0.39, 0.29) is 31.4 Å². The van der Waals surface area contributed by atoms with Crippen LogP contribution >= 0.6 is 0 Å². The summed E-state index contributed by atoms with van der Waals surface area (Å²) in [4.78, 5) is 36.7. The van der Waals surface area contributed by atoms with E-state index in [1.165, 1.54) is 25.0 Å². The highest BCUT2D eigenvalue weighted by Gasteiger charge is 2.30. The minimum absolute atomic E-state index is 0.0295. The highest BCUT2D eigenvalue weighted by Crippen LogP contribution is 2.44. The molecule has 2 amide bonds. The predicted molar refractivity (Wildman–Crippen MR) is 126 cm³/mol. The third-order valence-corrected chi connectivity index (χ3v) is 5.96. The van der Waals surface area contributed by atoms with Crippen LogP contribution in [-0.2, 0) is 27.9 Å². The molecule has 182 valence electrons. The normalized spacial score (nSPS) is 13.0. The third kappa shape index (κ3) is 5.02. The number of carboxylic acid groups (broad SMARTS) is 1. The second-order valence-corrected chi connectivity index (χ2v) is 8.14. The van der Waals surface area contributed by atoms with Gasteiger partial charge >= 0.3 is 12.1 Å². The number of benzene rings is 2. The Bertz CT molecular complexity index is 1210. The zero-order valence-corrected chi connectivity index (χ0v) is 19.4. The second kappa shape index (κ2) is 10.4. The van der Waals surface area contributed by atoms with Gasteiger partial charge in [0.05, 0.1) is 12.8 Å². The minimum atomic E-state index is -1.15. The predicted octanol–water partition coefficient (Wildman–Crippen LogP) is 2.29. The zero-order valence-electron chi connectivity index (χ0n) is 19.4. The van der Waals surface area contributed by atoms with E-state index in [0.717, 1.165) is 22.3 Å². The summed E-state index contributed by atoms with van der Waals surface area (Å²) in [6.07, 6.45) is 0.616. The molecule has 0 bridgehead atoms. The van der Waals surface area contributed by atoms with Gasteiger partial charge in [-0.3, -0.25) is 9.48 Å². The first-order chi connectivity index (χ1) is 16.9. The number of alkyl carbamates (subject to hydrolysis) is 1. The van der Waals surface area contributed by atoms with Gasteiger partial charge < -0.3 is 25.2 Å². The lowest BCUT2D eigenvalue weighted by atomic mass is 9.98. The fraction of sp³-hybridized carbons (Fsp3) is 0.280. The largest absolute Gasteiger partial charge is 0.477 e. The molecular formula is C25H26N4O6. The van der Waals surface area contributed by atoms with Gasteiger partial charge in [-0.1, -0.05) is 48.5 Å². The molecule has 1 aliphatic rings. The van der Waals surface area contributed by atoms with Gasteiger partial charge in [0.25, 0.3) is 0 Å². The maximum absolute atomic E-state index is 12.7. The summed E-state index contributed by atoms with van der Waals surface area (Å²) in [6.45, 7) is -0.0470. The molecule has 3 N–H and O–H groups in total. The fourth-order valence-electron chi connectivity index (χ4n) is 4.33. The molecule has 0 aliphatic heterocycles. The van der Waals surface area contributed by atoms with Gasteiger partial charge in [0.15, 0.2) is 5.69 Å². The van der Waals surface area contributed by atoms with Crippen LogP contribution in [0.2, 0.25) is 0 Å². The molecule has 2 aromatic carbocycles. The van der Waals surface area contributed by atoms with Crippen LogP contribution in [0.1, 0.15) is 33.1 Å². The highest BCUT2D eigenvalue weighted by atomic mass is 16.5. The highest BCUT2D eigenvalue weighted by molar-refractivity contribution is 5.88. The molecule has 35 heavy (non-hydrogen) atoms. The molecule has 1 aromatic heterocycles. The molecule has 3 aromatic rings. The van der Waals surface area contributed by atoms with Crippen molar-refractivity contribution in [1.29, 1.82) is 0 Å². The smallest absolute Gasteiger partial charge is 0.407 e. The van der Waals surface area contributed by atoms with E-state index in [1.807, 2.05) is 48.5 Å². The van der Waals surface area contributed by atoms with Gasteiger partial charge in [0.1, 0.15) is 12.6 Å². The summed E-state index contributed by atoms with van der Waals surface area (Å²) in [5, 5.41) is 18.4. The summed E-state index contributed by atoms with van der Waals surface area (Å²) in [5.41, 5.74) is 4.70. The van der Waals surface area contributed by atoms with Gasteiger partial charge in [-0.05, 0) is 22.3 Å². The number of aryl methyl sites for hydroxylation is 1. The van der Waals surface area contributed by atoms with E-state index < -0.39 is 24.0 Å². The van der Waals surface area contributed by atoms with Crippen molar-refractivity contribution in [3.63, 3.8) is 0 Å². The van der Waals surface area contributed by atoms with Crippen molar-refractivity contribution in [2.75, 3.05) is 20.3 Å². The number of methoxy groups -OCH3 is 1. The van der Waals surface area contributed by atoms with E-state index >= 15 is 0 Å². The lowest BCUT2D eigenvalue weighted by Gasteiger charge is -2.19. The molecule has 1 atom stereocenters. The van der Waals surface area contributed by atoms with Crippen molar-refractivity contribution in [2.24, 2.45) is 7.05 Å². The molecule has 1 aliphatic carbocycles. The Labute approximate surface area is 201 Å². The van der Waals surface area contributed by atoms with Crippen LogP contribution in [0.15, 0.2) is 54.7 Å². The van der Waals surface area contributed by atoms with Gasteiger partial charge in [0.2, 0.25) is 5.91 Å². The molecule has 0 spiro atoms. The average molecular weight is 479 g/mol. The Balaban J connectivity index is 1.37. The van der Waals surface area contributed by atoms with E-state index in [2.05, 4.69) is 15.7 Å². The Morgan fingerprint density at radius 1 is 1.09 bits per heavy atom. The number of nitrogens with zero attached hydrogens (tertiary/aromatic N) is 2. The number of fused-ring (bicyclic) bond motifs is 3. The maximum Gasteiger partial charge on any atom is 0.407 e. The number of rotatable bonds is 9. The van der Waals surface area contributed by atoms with Gasteiger partial charge in [-0.2, -0.15) is 5.10 Å². The molecule has 1 heterocycles. The van der Waals surface area contributed by atoms with Crippen LogP contribution in [0.4, 0.5) is 4.79 Å². The van der Waals surface area contributed by atoms with Gasteiger partial charge in [-0.25, -0.2) is 9.59 Å². The number of ether oxygens (including phenoxy) is 2. The number of carbonyl (C=O) groups is 3. The summed E-state index contributed by atoms with van der Waals surface area (Å²) in [7, 11) is 2.91. The minimum Gasteiger partial charge on any atom is -0.477 e. The SMILES string of the molecule is COCC(NC(=O)OCC1c2ccccc2-c2ccccc21)C(=O)NCc1cnn(C)c1C(=O)O. The van der Waals surface area contributed by atoms with Crippen molar-refractivity contribution < 1.29 is 29.0 Å². The second-order valence-electron chi connectivity index (χ2n) is 8.14. The van der Waals surface area contributed by atoms with Crippen LogP contribution in [0.3, 0.4) is 0 Å². The van der Waals surface area contributed by atoms with Crippen LogP contribution in [0.5, 0.6) is 0 Å². The van der Waals surface area contributed by atoms with Gasteiger partial charge in [-0.15, -0.1) is 0 Å². The number of aromatic nitrogens is 2. The number of carboxylic acids is 1. The quantitative estimate of drug-likeness (QED) is 0.430. The standard InChI is InChI=1S/C25H26N4O6/c1-29-22(24(31)32)15(12-27-29)11-26-23(30)21(14-34-2)28-25(33)35-13-20-18-9-5-3-7-16(18)17-8-4-6-10-19(17)20/h3-10,12,20-21H,11,13-14H2,1-2H3,(H,26,30)(H,28,33)(H,31,32). The molecule has 1 unspecified atom stereocenters. The molecule has 10 nitrogen and oxygen atoms in total. The molecule has 0 saturated carbocycles. The van der Waals surface area contributed by atoms with Crippen LogP contribution in [0.25, 0.3) is 11.1 Å². The number of hydrogen-bond acceptors (Lipinski definition) is 6. The average Bonchev–Trinajstić information content (AvgIpc) is 3.38. The lowest BCUT2D eigenvalue weighted by Crippen LogP contribution is -2.49. The van der Waals surface area contributed by atoms with Crippen molar-refractivity contribution in [3.8, 4) is 11.1 Å². The Hall–Kier alpha value is -4.18. The Morgan fingerprint density at radius 2 is 1.71 bits per heavy atom. The van der Waals surface area contributed by atoms with Crippen molar-refractivity contribution in [1.82, 2.24) is 20.4 Å². The van der Waals surface area contributed by atoms with Crippen molar-refractivity contribution in [3.05, 3.63) is 77.1 Å². The van der Waals surface area contributed by atoms with Crippen molar-refractivity contribution in [2.45, 2.75) is 18.5 Å². The maximum atomic E-state index is 12.7. The zero-order chi connectivity index (χ0) is 24.9. The number of carbonyl (C=O) groups excluding carboxylic acids is 2. The van der Waals surface area contributed by atoms with E-state index in [9.17, 15) is 19.5 Å². The number of nitrogens with one attached hydrogen (secondary N) is 2. The number of amides is 2. The summed E-state index contributed by atoms with van der Waals surface area (Å²) in [6, 6.07) is 15.0. The monoisotopic (exact) mass is 478 g/mol. The van der Waals surface area contributed by atoms with Gasteiger partial charge in [0, 0.05) is 32.2 Å². The molecule has 0 saturated heterocycles. The fourth-order valence-corrected chi connectivity index (χ4v) is 4.33. The molecule has 0 fully saturated rings. The summed E-state index contributed by atoms with van der Waals surface area (Å²) >= 11 is 0. The van der Waals surface area contributed by atoms with Crippen LogP contribution in [0, 0.1) is 0 Å². The van der Waals surface area contributed by atoms with E-state index in [4.69, 9.17) is 9.47 Å². The Morgan fingerprint density at radius 3 is 2.31 bits per heavy atom. The van der Waals surface area contributed by atoms with Crippen molar-refractivity contribution >= 4 is 18.0 Å². The number of hydrogen-bond donors (Lipinski definition) is 3. The Kier molecular flexibility index (Phi) is 7.11. The molecule has 10 heteroatoms. The van der Waals surface area contributed by atoms with Crippen LogP contribution < -0.4 is 10.6 Å². The molecule has 0 radical (unpaired) electrons. The first-order valence-electron chi connectivity index (χ1n) is 11.0.